The van der Waals surface area contributed by atoms with Crippen LogP contribution in [0.15, 0.2) is 18.2 Å². The number of carbonyl (C=O) groups excluding carboxylic acids is 2. The molecular formula is C16H20ClNO6. The Bertz CT molecular complexity index is 608. The number of nitrogens with one attached hydrogen (secondary N) is 1. The fourth-order valence-electron chi connectivity index (χ4n) is 2.48. The maximum Gasteiger partial charge on any atom is 0.335 e. The second-order valence-electron chi connectivity index (χ2n) is 5.29. The van der Waals surface area contributed by atoms with E-state index in [0.29, 0.717) is 22.9 Å². The molecule has 1 fully saturated rings. The van der Waals surface area contributed by atoms with Crippen LogP contribution in [-0.2, 0) is 23.8 Å². The zero-order valence-corrected chi connectivity index (χ0v) is 14.5. The topological polar surface area (TPSA) is 83.1 Å². The number of hydrogen-bond acceptors (Lipinski definition) is 7. The van der Waals surface area contributed by atoms with E-state index in [4.69, 9.17) is 30.5 Å². The lowest BCUT2D eigenvalue weighted by molar-refractivity contribution is -0.204. The molecule has 2 rings (SSSR count). The molecule has 1 aromatic carbocycles. The lowest BCUT2D eigenvalue weighted by Crippen LogP contribution is -2.44. The molecule has 3 atom stereocenters. The van der Waals surface area contributed by atoms with E-state index in [1.165, 1.54) is 14.0 Å². The molecule has 8 heteroatoms. The Morgan fingerprint density at radius 2 is 2.08 bits per heavy atom. The summed E-state index contributed by atoms with van der Waals surface area (Å²) in [6.07, 6.45) is -1.58. The van der Waals surface area contributed by atoms with E-state index < -0.39 is 30.4 Å². The number of rotatable bonds is 5. The average molecular weight is 358 g/mol. The number of esters is 2. The van der Waals surface area contributed by atoms with Gasteiger partial charge in [-0.25, -0.2) is 4.79 Å². The Kier molecular flexibility index (Phi) is 6.28. The van der Waals surface area contributed by atoms with Crippen molar-refractivity contribution in [1.82, 2.24) is 0 Å². The number of ether oxygens (including phenoxy) is 4. The Balaban J connectivity index is 2.15. The van der Waals surface area contributed by atoms with Gasteiger partial charge >= 0.3 is 11.9 Å². The summed E-state index contributed by atoms with van der Waals surface area (Å²) in [4.78, 5) is 23.0. The minimum atomic E-state index is -0.858. The molecule has 0 spiro atoms. The highest BCUT2D eigenvalue weighted by Gasteiger charge is 2.37. The van der Waals surface area contributed by atoms with Gasteiger partial charge in [0.15, 0.2) is 6.10 Å². The van der Waals surface area contributed by atoms with Crippen molar-refractivity contribution in [1.29, 1.82) is 0 Å². The van der Waals surface area contributed by atoms with Gasteiger partial charge in [0, 0.05) is 31.8 Å². The van der Waals surface area contributed by atoms with E-state index in [1.54, 1.807) is 25.2 Å². The van der Waals surface area contributed by atoms with Crippen LogP contribution in [0.2, 0.25) is 5.02 Å². The first-order valence-corrected chi connectivity index (χ1v) is 7.85. The van der Waals surface area contributed by atoms with Crippen molar-refractivity contribution >= 4 is 29.2 Å². The molecule has 2 unspecified atom stereocenters. The van der Waals surface area contributed by atoms with Crippen LogP contribution in [0, 0.1) is 0 Å². The number of benzene rings is 1. The maximum atomic E-state index is 11.8. The van der Waals surface area contributed by atoms with Crippen molar-refractivity contribution < 1.29 is 28.5 Å². The third kappa shape index (κ3) is 4.75. The minimum Gasteiger partial charge on any atom is -0.467 e. The fourth-order valence-corrected chi connectivity index (χ4v) is 2.65. The molecule has 1 aromatic rings. The molecule has 1 aliphatic rings. The molecule has 0 saturated carbocycles. The summed E-state index contributed by atoms with van der Waals surface area (Å²) in [5.74, 6) is -0.448. The monoisotopic (exact) mass is 357 g/mol. The van der Waals surface area contributed by atoms with Crippen LogP contribution in [0.25, 0.3) is 0 Å². The minimum absolute atomic E-state index is 0.228. The highest BCUT2D eigenvalue weighted by molar-refractivity contribution is 6.30. The van der Waals surface area contributed by atoms with E-state index in [2.05, 4.69) is 5.32 Å². The van der Waals surface area contributed by atoms with Crippen LogP contribution in [0.1, 0.15) is 19.8 Å². The zero-order chi connectivity index (χ0) is 17.7. The van der Waals surface area contributed by atoms with Crippen LogP contribution in [0.4, 0.5) is 5.69 Å². The van der Waals surface area contributed by atoms with Gasteiger partial charge in [-0.15, -0.1) is 0 Å². The first-order chi connectivity index (χ1) is 11.4. The van der Waals surface area contributed by atoms with E-state index in [-0.39, 0.29) is 6.42 Å². The second kappa shape index (κ2) is 8.21. The molecule has 7 nitrogen and oxygen atoms in total. The lowest BCUT2D eigenvalue weighted by atomic mass is 10.0. The Morgan fingerprint density at radius 1 is 1.33 bits per heavy atom. The molecule has 1 heterocycles. The number of hydrogen-bond donors (Lipinski definition) is 1. The van der Waals surface area contributed by atoms with Crippen molar-refractivity contribution in [2.45, 2.75) is 38.3 Å². The number of halogens is 1. The zero-order valence-electron chi connectivity index (χ0n) is 13.7. The average Bonchev–Trinajstić information content (AvgIpc) is 2.54. The summed E-state index contributed by atoms with van der Waals surface area (Å²) in [6, 6.07) is 5.09. The number of methoxy groups -OCH3 is 1. The summed E-state index contributed by atoms with van der Waals surface area (Å²) in [7, 11) is 3.01. The van der Waals surface area contributed by atoms with Gasteiger partial charge in [0.1, 0.15) is 11.9 Å². The normalized spacial score (nSPS) is 23.2. The van der Waals surface area contributed by atoms with Gasteiger partial charge in [-0.2, -0.15) is 0 Å². The Labute approximate surface area is 145 Å². The maximum absolute atomic E-state index is 11.8. The molecule has 0 radical (unpaired) electrons. The summed E-state index contributed by atoms with van der Waals surface area (Å²) >= 11 is 5.96. The first-order valence-electron chi connectivity index (χ1n) is 7.47. The quantitative estimate of drug-likeness (QED) is 0.810. The number of anilines is 1. The van der Waals surface area contributed by atoms with Gasteiger partial charge in [0.05, 0.1) is 12.8 Å². The molecule has 0 bridgehead atoms. The molecule has 24 heavy (non-hydrogen) atoms. The van der Waals surface area contributed by atoms with Crippen LogP contribution < -0.4 is 10.1 Å². The van der Waals surface area contributed by atoms with Gasteiger partial charge in [-0.3, -0.25) is 4.79 Å². The Morgan fingerprint density at radius 3 is 2.71 bits per heavy atom. The molecular weight excluding hydrogens is 338 g/mol. The molecule has 0 aromatic heterocycles. The summed E-state index contributed by atoms with van der Waals surface area (Å²) in [5.41, 5.74) is 0.676. The van der Waals surface area contributed by atoms with E-state index in [1.807, 2.05) is 0 Å². The van der Waals surface area contributed by atoms with Gasteiger partial charge in [-0.05, 0) is 18.2 Å². The molecule has 132 valence electrons. The third-order valence-electron chi connectivity index (χ3n) is 3.51. The van der Waals surface area contributed by atoms with Crippen LogP contribution in [0.5, 0.6) is 5.75 Å². The molecule has 0 amide bonds. The summed E-state index contributed by atoms with van der Waals surface area (Å²) < 4.78 is 21.4. The highest BCUT2D eigenvalue weighted by Crippen LogP contribution is 2.31. The highest BCUT2D eigenvalue weighted by atomic mass is 35.5. The molecule has 0 aliphatic carbocycles. The molecule has 1 saturated heterocycles. The number of carbonyl (C=O) groups is 2. The van der Waals surface area contributed by atoms with E-state index in [9.17, 15) is 9.59 Å². The van der Waals surface area contributed by atoms with E-state index >= 15 is 0 Å². The van der Waals surface area contributed by atoms with Crippen molar-refractivity contribution in [2.24, 2.45) is 0 Å². The van der Waals surface area contributed by atoms with E-state index in [0.717, 1.165) is 0 Å². The van der Waals surface area contributed by atoms with Crippen LogP contribution in [0.3, 0.4) is 0 Å². The first kappa shape index (κ1) is 18.4. The van der Waals surface area contributed by atoms with Gasteiger partial charge < -0.3 is 24.3 Å². The Hall–Kier alpha value is -1.99. The van der Waals surface area contributed by atoms with Gasteiger partial charge in [0.2, 0.25) is 6.29 Å². The van der Waals surface area contributed by atoms with Crippen molar-refractivity contribution in [3.05, 3.63) is 23.2 Å². The fraction of sp³-hybridized carbons (Fsp3) is 0.500. The predicted molar refractivity (Wildman–Crippen MR) is 87.1 cm³/mol. The summed E-state index contributed by atoms with van der Waals surface area (Å²) in [6.45, 7) is 1.32. The van der Waals surface area contributed by atoms with Gasteiger partial charge in [-0.1, -0.05) is 11.6 Å². The smallest absolute Gasteiger partial charge is 0.335 e. The third-order valence-corrected chi connectivity index (χ3v) is 3.75. The standard InChI is InChI=1S/C16H20ClNO6/c1-9(19)22-11-7-14(16(20)21-3)24-15(8-11)23-13-5-4-10(17)6-12(13)18-2/h4-6,11,14-15,18H,7-8H2,1-3H3/t11?,14-,15?/m0/s1. The molecule has 1 aliphatic heterocycles. The van der Waals surface area contributed by atoms with Crippen LogP contribution >= 0.6 is 11.6 Å². The largest absolute Gasteiger partial charge is 0.467 e. The van der Waals surface area contributed by atoms with Crippen LogP contribution in [-0.4, -0.2) is 44.6 Å². The van der Waals surface area contributed by atoms with Crippen molar-refractivity contribution in [3.8, 4) is 5.75 Å². The lowest BCUT2D eigenvalue weighted by Gasteiger charge is -2.33. The SMILES string of the molecule is CNc1cc(Cl)ccc1OC1CC(OC(C)=O)C[C@@H](C(=O)OC)O1. The van der Waals surface area contributed by atoms with Gasteiger partial charge in [0.25, 0.3) is 0 Å². The van der Waals surface area contributed by atoms with Crippen molar-refractivity contribution in [2.75, 3.05) is 19.5 Å². The second-order valence-corrected chi connectivity index (χ2v) is 5.73. The van der Waals surface area contributed by atoms with Crippen molar-refractivity contribution in [3.63, 3.8) is 0 Å². The predicted octanol–water partition coefficient (Wildman–Crippen LogP) is 2.37. The summed E-state index contributed by atoms with van der Waals surface area (Å²) in [5, 5.41) is 3.53. The molecule has 1 N–H and O–H groups in total.